The Morgan fingerprint density at radius 2 is 2.05 bits per heavy atom. The summed E-state index contributed by atoms with van der Waals surface area (Å²) in [6.07, 6.45) is 0. The molecule has 0 atom stereocenters. The lowest BCUT2D eigenvalue weighted by Crippen LogP contribution is -2.39. The molecule has 0 N–H and O–H groups in total. The van der Waals surface area contributed by atoms with Crippen molar-refractivity contribution in [3.8, 4) is 11.8 Å². The molecule has 1 aliphatic rings. The van der Waals surface area contributed by atoms with Gasteiger partial charge in [0, 0.05) is 19.6 Å². The summed E-state index contributed by atoms with van der Waals surface area (Å²) in [7, 11) is -1.31. The van der Waals surface area contributed by atoms with E-state index >= 15 is 0 Å². The normalized spacial score (nSPS) is 18.7. The molecule has 1 aliphatic heterocycles. The van der Waals surface area contributed by atoms with Gasteiger partial charge < -0.3 is 4.74 Å². The van der Waals surface area contributed by atoms with Gasteiger partial charge in [0.15, 0.2) is 9.84 Å². The topological polar surface area (TPSA) is 70.4 Å². The van der Waals surface area contributed by atoms with Crippen LogP contribution >= 0.6 is 0 Å². The summed E-state index contributed by atoms with van der Waals surface area (Å²) in [4.78, 5) is 2.10. The predicted octanol–water partition coefficient (Wildman–Crippen LogP) is 0.797. The summed E-state index contributed by atoms with van der Waals surface area (Å²) in [5.41, 5.74) is 1.53. The van der Waals surface area contributed by atoms with E-state index in [0.717, 1.165) is 5.56 Å². The number of ether oxygens (including phenoxy) is 1. The van der Waals surface area contributed by atoms with Crippen LogP contribution in [0.4, 0.5) is 0 Å². The third-order valence-electron chi connectivity index (χ3n) is 3.23. The van der Waals surface area contributed by atoms with Crippen molar-refractivity contribution in [2.45, 2.75) is 6.54 Å². The Kier molecular flexibility index (Phi) is 4.08. The molecule has 1 aromatic carbocycles. The average Bonchev–Trinajstić information content (AvgIpc) is 2.41. The molecule has 1 aromatic rings. The van der Waals surface area contributed by atoms with Gasteiger partial charge in [-0.2, -0.15) is 5.26 Å². The maximum atomic E-state index is 11.3. The summed E-state index contributed by atoms with van der Waals surface area (Å²) in [5, 5.41) is 8.91. The zero-order chi connectivity index (χ0) is 13.9. The van der Waals surface area contributed by atoms with E-state index in [1.54, 1.807) is 6.07 Å². The smallest absolute Gasteiger partial charge is 0.152 e. The van der Waals surface area contributed by atoms with Crippen LogP contribution in [0.1, 0.15) is 11.1 Å². The summed E-state index contributed by atoms with van der Waals surface area (Å²) >= 11 is 0. The molecule has 2 rings (SSSR count). The number of nitrogens with zero attached hydrogens (tertiary/aromatic N) is 2. The molecule has 0 amide bonds. The minimum absolute atomic E-state index is 0.223. The lowest BCUT2D eigenvalue weighted by Gasteiger charge is -2.26. The van der Waals surface area contributed by atoms with Crippen molar-refractivity contribution < 1.29 is 13.2 Å². The van der Waals surface area contributed by atoms with E-state index in [0.29, 0.717) is 30.9 Å². The molecule has 1 fully saturated rings. The molecule has 0 radical (unpaired) electrons. The van der Waals surface area contributed by atoms with E-state index in [1.165, 1.54) is 7.11 Å². The first kappa shape index (κ1) is 13.8. The van der Waals surface area contributed by atoms with Crippen molar-refractivity contribution in [3.05, 3.63) is 29.3 Å². The molecule has 0 spiro atoms. The first-order valence-corrected chi connectivity index (χ1v) is 7.86. The van der Waals surface area contributed by atoms with Crippen molar-refractivity contribution in [1.82, 2.24) is 4.90 Å². The Morgan fingerprint density at radius 3 is 2.63 bits per heavy atom. The predicted molar refractivity (Wildman–Crippen MR) is 71.6 cm³/mol. The molecular formula is C13H16N2O3S. The van der Waals surface area contributed by atoms with Crippen LogP contribution in [-0.4, -0.2) is 45.0 Å². The van der Waals surface area contributed by atoms with Crippen molar-refractivity contribution in [1.29, 1.82) is 5.26 Å². The van der Waals surface area contributed by atoms with Gasteiger partial charge in [-0.1, -0.05) is 6.07 Å². The Morgan fingerprint density at radius 1 is 1.37 bits per heavy atom. The highest BCUT2D eigenvalue weighted by atomic mass is 32.2. The van der Waals surface area contributed by atoms with Gasteiger partial charge in [-0.25, -0.2) is 8.42 Å². The van der Waals surface area contributed by atoms with Crippen LogP contribution in [0.5, 0.6) is 5.75 Å². The molecule has 1 heterocycles. The molecule has 0 saturated carbocycles. The fourth-order valence-electron chi connectivity index (χ4n) is 2.09. The molecule has 0 bridgehead atoms. The van der Waals surface area contributed by atoms with Crippen LogP contribution in [0.25, 0.3) is 0 Å². The standard InChI is InChI=1S/C13H16N2O3S/c1-18-13-8-11(2-3-12(13)9-14)10-15-4-6-19(16,17)7-5-15/h2-3,8H,4-7,10H2,1H3. The summed E-state index contributed by atoms with van der Waals surface area (Å²) in [6.45, 7) is 1.80. The summed E-state index contributed by atoms with van der Waals surface area (Å²) < 4.78 is 27.9. The minimum Gasteiger partial charge on any atom is -0.495 e. The fourth-order valence-corrected chi connectivity index (χ4v) is 3.37. The maximum absolute atomic E-state index is 11.3. The van der Waals surface area contributed by atoms with E-state index in [9.17, 15) is 8.42 Å². The van der Waals surface area contributed by atoms with Gasteiger partial charge in [0.25, 0.3) is 0 Å². The molecule has 6 heteroatoms. The van der Waals surface area contributed by atoms with Gasteiger partial charge >= 0.3 is 0 Å². The molecular weight excluding hydrogens is 264 g/mol. The Hall–Kier alpha value is -1.58. The number of hydrogen-bond donors (Lipinski definition) is 0. The van der Waals surface area contributed by atoms with E-state index in [-0.39, 0.29) is 11.5 Å². The van der Waals surface area contributed by atoms with E-state index in [1.807, 2.05) is 12.1 Å². The van der Waals surface area contributed by atoms with Gasteiger partial charge in [-0.15, -0.1) is 0 Å². The third kappa shape index (κ3) is 3.46. The zero-order valence-corrected chi connectivity index (χ0v) is 11.6. The molecule has 0 aliphatic carbocycles. The Labute approximate surface area is 113 Å². The maximum Gasteiger partial charge on any atom is 0.152 e. The average molecular weight is 280 g/mol. The number of sulfone groups is 1. The van der Waals surface area contributed by atoms with E-state index in [4.69, 9.17) is 10.00 Å². The molecule has 1 saturated heterocycles. The van der Waals surface area contributed by atoms with E-state index < -0.39 is 9.84 Å². The van der Waals surface area contributed by atoms with Gasteiger partial charge in [0.05, 0.1) is 24.2 Å². The second kappa shape index (κ2) is 5.59. The molecule has 0 unspecified atom stereocenters. The van der Waals surface area contributed by atoms with E-state index in [2.05, 4.69) is 11.0 Å². The lowest BCUT2D eigenvalue weighted by atomic mass is 10.1. The van der Waals surface area contributed by atoms with Crippen LogP contribution in [-0.2, 0) is 16.4 Å². The van der Waals surface area contributed by atoms with Crippen LogP contribution in [0.2, 0.25) is 0 Å². The third-order valence-corrected chi connectivity index (χ3v) is 4.84. The van der Waals surface area contributed by atoms with Crippen LogP contribution in [0.15, 0.2) is 18.2 Å². The quantitative estimate of drug-likeness (QED) is 0.819. The first-order valence-electron chi connectivity index (χ1n) is 6.04. The SMILES string of the molecule is COc1cc(CN2CCS(=O)(=O)CC2)ccc1C#N. The first-order chi connectivity index (χ1) is 9.04. The summed E-state index contributed by atoms with van der Waals surface area (Å²) in [6, 6.07) is 7.52. The highest BCUT2D eigenvalue weighted by molar-refractivity contribution is 7.91. The Bertz CT molecular complexity index is 591. The minimum atomic E-state index is -2.84. The lowest BCUT2D eigenvalue weighted by molar-refractivity contribution is 0.287. The summed E-state index contributed by atoms with van der Waals surface area (Å²) in [5.74, 6) is 1.01. The number of hydrogen-bond acceptors (Lipinski definition) is 5. The molecule has 5 nitrogen and oxygen atoms in total. The Balaban J connectivity index is 2.06. The fraction of sp³-hybridized carbons (Fsp3) is 0.462. The number of benzene rings is 1. The van der Waals surface area contributed by atoms with Gasteiger partial charge in [0.2, 0.25) is 0 Å². The van der Waals surface area contributed by atoms with Gasteiger partial charge in [-0.3, -0.25) is 4.90 Å². The van der Waals surface area contributed by atoms with Gasteiger partial charge in [-0.05, 0) is 17.7 Å². The van der Waals surface area contributed by atoms with Crippen molar-refractivity contribution in [2.75, 3.05) is 31.7 Å². The van der Waals surface area contributed by atoms with Crippen LogP contribution < -0.4 is 4.74 Å². The molecule has 102 valence electrons. The van der Waals surface area contributed by atoms with Crippen molar-refractivity contribution >= 4 is 9.84 Å². The second-order valence-corrected chi connectivity index (χ2v) is 6.88. The molecule has 0 aromatic heterocycles. The monoisotopic (exact) mass is 280 g/mol. The highest BCUT2D eigenvalue weighted by Gasteiger charge is 2.21. The number of rotatable bonds is 3. The van der Waals surface area contributed by atoms with Crippen molar-refractivity contribution in [2.24, 2.45) is 0 Å². The van der Waals surface area contributed by atoms with Crippen molar-refractivity contribution in [3.63, 3.8) is 0 Å². The number of nitriles is 1. The van der Waals surface area contributed by atoms with Crippen LogP contribution in [0.3, 0.4) is 0 Å². The van der Waals surface area contributed by atoms with Crippen LogP contribution in [0, 0.1) is 11.3 Å². The highest BCUT2D eigenvalue weighted by Crippen LogP contribution is 2.20. The molecule has 19 heavy (non-hydrogen) atoms. The zero-order valence-electron chi connectivity index (χ0n) is 10.8. The second-order valence-electron chi connectivity index (χ2n) is 4.57. The van der Waals surface area contributed by atoms with Gasteiger partial charge in [0.1, 0.15) is 11.8 Å². The number of methoxy groups -OCH3 is 1. The largest absolute Gasteiger partial charge is 0.495 e.